The summed E-state index contributed by atoms with van der Waals surface area (Å²) in [5.74, 6) is 0.0794. The molecule has 1 amide bonds. The molecule has 1 atom stereocenters. The lowest BCUT2D eigenvalue weighted by Gasteiger charge is -2.28. The number of para-hydroxylation sites is 2. The highest BCUT2D eigenvalue weighted by Gasteiger charge is 2.29. The van der Waals surface area contributed by atoms with E-state index in [4.69, 9.17) is 4.74 Å². The van der Waals surface area contributed by atoms with Crippen LogP contribution in [0.4, 0.5) is 5.69 Å². The van der Waals surface area contributed by atoms with Crippen molar-refractivity contribution < 1.29 is 14.6 Å². The molecule has 0 radical (unpaired) electrons. The van der Waals surface area contributed by atoms with Gasteiger partial charge < -0.3 is 14.7 Å². The SMILES string of the molecule is CN1C(=O)C(O)Oc2ccccc21. The maximum Gasteiger partial charge on any atom is 0.296 e. The first-order chi connectivity index (χ1) is 6.20. The number of ether oxygens (including phenoxy) is 1. The van der Waals surface area contributed by atoms with Crippen LogP contribution in [0.25, 0.3) is 0 Å². The molecular weight excluding hydrogens is 170 g/mol. The van der Waals surface area contributed by atoms with Crippen molar-refractivity contribution in [1.29, 1.82) is 0 Å². The van der Waals surface area contributed by atoms with Crippen LogP contribution in [-0.4, -0.2) is 24.4 Å². The standard InChI is InChI=1S/C9H9NO3/c1-10-6-4-2-3-5-7(6)13-9(12)8(10)11/h2-5,9,12H,1H3. The lowest BCUT2D eigenvalue weighted by Crippen LogP contribution is -2.43. The van der Waals surface area contributed by atoms with Crippen LogP contribution in [0.3, 0.4) is 0 Å². The first-order valence-corrected chi connectivity index (χ1v) is 3.91. The number of aliphatic hydroxyl groups is 1. The third-order valence-electron chi connectivity index (χ3n) is 2.01. The molecule has 1 aliphatic rings. The van der Waals surface area contributed by atoms with Gasteiger partial charge in [-0.15, -0.1) is 0 Å². The monoisotopic (exact) mass is 179 g/mol. The van der Waals surface area contributed by atoms with Gasteiger partial charge in [-0.1, -0.05) is 12.1 Å². The number of benzene rings is 1. The van der Waals surface area contributed by atoms with Crippen molar-refractivity contribution in [2.75, 3.05) is 11.9 Å². The van der Waals surface area contributed by atoms with Crippen LogP contribution in [0.5, 0.6) is 5.75 Å². The number of anilines is 1. The number of carbonyl (C=O) groups excluding carboxylic acids is 1. The van der Waals surface area contributed by atoms with Gasteiger partial charge in [-0.05, 0) is 12.1 Å². The average molecular weight is 179 g/mol. The first kappa shape index (κ1) is 8.07. The van der Waals surface area contributed by atoms with E-state index < -0.39 is 12.2 Å². The van der Waals surface area contributed by atoms with Crippen molar-refractivity contribution in [2.24, 2.45) is 0 Å². The molecule has 0 spiro atoms. The predicted molar refractivity (Wildman–Crippen MR) is 46.5 cm³/mol. The second-order valence-corrected chi connectivity index (χ2v) is 2.84. The Morgan fingerprint density at radius 3 is 2.92 bits per heavy atom. The summed E-state index contributed by atoms with van der Waals surface area (Å²) in [6, 6.07) is 7.07. The van der Waals surface area contributed by atoms with Gasteiger partial charge in [0.15, 0.2) is 0 Å². The van der Waals surface area contributed by atoms with Crippen LogP contribution in [-0.2, 0) is 4.79 Å². The van der Waals surface area contributed by atoms with Gasteiger partial charge >= 0.3 is 0 Å². The minimum atomic E-state index is -1.38. The van der Waals surface area contributed by atoms with Crippen LogP contribution < -0.4 is 9.64 Å². The van der Waals surface area contributed by atoms with Crippen molar-refractivity contribution in [3.63, 3.8) is 0 Å². The molecular formula is C9H9NO3. The fourth-order valence-electron chi connectivity index (χ4n) is 1.29. The Morgan fingerprint density at radius 2 is 2.15 bits per heavy atom. The number of fused-ring (bicyclic) bond motifs is 1. The highest BCUT2D eigenvalue weighted by molar-refractivity contribution is 5.98. The summed E-state index contributed by atoms with van der Waals surface area (Å²) in [6.45, 7) is 0. The van der Waals surface area contributed by atoms with Gasteiger partial charge in [-0.2, -0.15) is 0 Å². The third kappa shape index (κ3) is 1.15. The number of nitrogens with zero attached hydrogens (tertiary/aromatic N) is 1. The minimum Gasteiger partial charge on any atom is -0.453 e. The molecule has 1 aromatic rings. The fourth-order valence-corrected chi connectivity index (χ4v) is 1.29. The van der Waals surface area contributed by atoms with Crippen LogP contribution in [0.2, 0.25) is 0 Å². The Bertz CT molecular complexity index is 350. The zero-order valence-electron chi connectivity index (χ0n) is 7.10. The van der Waals surface area contributed by atoms with Crippen molar-refractivity contribution >= 4 is 11.6 Å². The van der Waals surface area contributed by atoms with Gasteiger partial charge in [-0.3, -0.25) is 4.79 Å². The first-order valence-electron chi connectivity index (χ1n) is 3.91. The Morgan fingerprint density at radius 1 is 1.46 bits per heavy atom. The topological polar surface area (TPSA) is 49.8 Å². The Hall–Kier alpha value is -1.55. The number of aliphatic hydroxyl groups excluding tert-OH is 1. The number of amides is 1. The van der Waals surface area contributed by atoms with Crippen LogP contribution in [0.1, 0.15) is 0 Å². The van der Waals surface area contributed by atoms with E-state index in [0.717, 1.165) is 0 Å². The number of carbonyl (C=O) groups is 1. The number of likely N-dealkylation sites (N-methyl/N-ethyl adjacent to an activating group) is 1. The van der Waals surface area contributed by atoms with E-state index in [1.807, 2.05) is 6.07 Å². The van der Waals surface area contributed by atoms with Gasteiger partial charge in [0.05, 0.1) is 5.69 Å². The van der Waals surface area contributed by atoms with E-state index in [1.165, 1.54) is 4.90 Å². The van der Waals surface area contributed by atoms with E-state index in [1.54, 1.807) is 25.2 Å². The van der Waals surface area contributed by atoms with E-state index in [2.05, 4.69) is 0 Å². The summed E-state index contributed by atoms with van der Waals surface area (Å²) >= 11 is 0. The molecule has 0 bridgehead atoms. The average Bonchev–Trinajstić information content (AvgIpc) is 2.15. The van der Waals surface area contributed by atoms with Gasteiger partial charge in [0.1, 0.15) is 5.75 Å². The zero-order valence-corrected chi connectivity index (χ0v) is 7.10. The smallest absolute Gasteiger partial charge is 0.296 e. The molecule has 0 aromatic heterocycles. The molecule has 1 aliphatic heterocycles. The van der Waals surface area contributed by atoms with Gasteiger partial charge in [0.2, 0.25) is 0 Å². The Labute approximate surface area is 75.3 Å². The quantitative estimate of drug-likeness (QED) is 0.625. The van der Waals surface area contributed by atoms with E-state index >= 15 is 0 Å². The van der Waals surface area contributed by atoms with E-state index in [-0.39, 0.29) is 0 Å². The summed E-state index contributed by atoms with van der Waals surface area (Å²) in [5, 5.41) is 9.18. The molecule has 0 fully saturated rings. The van der Waals surface area contributed by atoms with Crippen molar-refractivity contribution in [1.82, 2.24) is 0 Å². The largest absolute Gasteiger partial charge is 0.453 e. The Balaban J connectivity index is 2.49. The van der Waals surface area contributed by atoms with Crippen molar-refractivity contribution in [3.05, 3.63) is 24.3 Å². The molecule has 1 heterocycles. The summed E-state index contributed by atoms with van der Waals surface area (Å²) in [6.07, 6.45) is -1.38. The molecule has 0 saturated carbocycles. The van der Waals surface area contributed by atoms with E-state index in [0.29, 0.717) is 11.4 Å². The van der Waals surface area contributed by atoms with Crippen molar-refractivity contribution in [3.8, 4) is 5.75 Å². The van der Waals surface area contributed by atoms with Crippen molar-refractivity contribution in [2.45, 2.75) is 6.29 Å². The zero-order chi connectivity index (χ0) is 9.42. The van der Waals surface area contributed by atoms with Crippen LogP contribution in [0.15, 0.2) is 24.3 Å². The molecule has 13 heavy (non-hydrogen) atoms. The Kier molecular flexibility index (Phi) is 1.70. The second kappa shape index (κ2) is 2.74. The molecule has 0 aliphatic carbocycles. The molecule has 1 N–H and O–H groups in total. The number of rotatable bonds is 0. The minimum absolute atomic E-state index is 0.446. The van der Waals surface area contributed by atoms with Crippen LogP contribution >= 0.6 is 0 Å². The maximum atomic E-state index is 11.2. The molecule has 1 unspecified atom stereocenters. The molecule has 2 rings (SSSR count). The summed E-state index contributed by atoms with van der Waals surface area (Å²) in [7, 11) is 1.60. The van der Waals surface area contributed by atoms with Gasteiger partial charge in [0.25, 0.3) is 12.2 Å². The molecule has 4 heteroatoms. The summed E-state index contributed by atoms with van der Waals surface area (Å²) < 4.78 is 4.98. The normalized spacial score (nSPS) is 20.9. The third-order valence-corrected chi connectivity index (χ3v) is 2.01. The maximum absolute atomic E-state index is 11.2. The highest BCUT2D eigenvalue weighted by atomic mass is 16.6. The van der Waals surface area contributed by atoms with E-state index in [9.17, 15) is 9.90 Å². The van der Waals surface area contributed by atoms with Gasteiger partial charge in [-0.25, -0.2) is 0 Å². The molecule has 4 nitrogen and oxygen atoms in total. The second-order valence-electron chi connectivity index (χ2n) is 2.84. The lowest BCUT2D eigenvalue weighted by molar-refractivity contribution is -0.141. The summed E-state index contributed by atoms with van der Waals surface area (Å²) in [4.78, 5) is 12.6. The van der Waals surface area contributed by atoms with Gasteiger partial charge in [0, 0.05) is 7.05 Å². The summed E-state index contributed by atoms with van der Waals surface area (Å²) in [5.41, 5.74) is 0.679. The number of hydrogen-bond acceptors (Lipinski definition) is 3. The predicted octanol–water partition coefficient (Wildman–Crippen LogP) is 0.360. The van der Waals surface area contributed by atoms with Crippen LogP contribution in [0, 0.1) is 0 Å². The highest BCUT2D eigenvalue weighted by Crippen LogP contribution is 2.31. The fraction of sp³-hybridized carbons (Fsp3) is 0.222. The molecule has 1 aromatic carbocycles. The lowest BCUT2D eigenvalue weighted by atomic mass is 10.2. The molecule has 0 saturated heterocycles. The molecule has 68 valence electrons. The number of hydrogen-bond donors (Lipinski definition) is 1.